The Labute approximate surface area is 105 Å². The highest BCUT2D eigenvalue weighted by molar-refractivity contribution is 7.81. The van der Waals surface area contributed by atoms with E-state index in [9.17, 15) is 18.6 Å². The van der Waals surface area contributed by atoms with Crippen molar-refractivity contribution in [2.75, 3.05) is 11.9 Å². The molecule has 1 aromatic rings. The zero-order valence-corrected chi connectivity index (χ0v) is 10.6. The summed E-state index contributed by atoms with van der Waals surface area (Å²) in [7, 11) is -4.69. The summed E-state index contributed by atoms with van der Waals surface area (Å²) in [6.45, 7) is 2.54. The molecule has 0 unspecified atom stereocenters. The number of hydrogen-bond acceptors (Lipinski definition) is 6. The SMILES string of the molecule is CCCCNc1c(O)cc(OS(=O)(=O)O)cc1O. The van der Waals surface area contributed by atoms with Crippen molar-refractivity contribution in [2.45, 2.75) is 19.8 Å². The smallest absolute Gasteiger partial charge is 0.446 e. The molecule has 18 heavy (non-hydrogen) atoms. The second kappa shape index (κ2) is 5.78. The molecule has 0 aliphatic rings. The lowest BCUT2D eigenvalue weighted by atomic mass is 10.2. The van der Waals surface area contributed by atoms with Gasteiger partial charge in [0.2, 0.25) is 0 Å². The van der Waals surface area contributed by atoms with Gasteiger partial charge >= 0.3 is 10.4 Å². The molecular weight excluding hydrogens is 262 g/mol. The minimum absolute atomic E-state index is 0.0890. The molecule has 0 bridgehead atoms. The van der Waals surface area contributed by atoms with Crippen LogP contribution in [0.25, 0.3) is 0 Å². The summed E-state index contributed by atoms with van der Waals surface area (Å²) in [6.07, 6.45) is 1.79. The molecule has 0 spiro atoms. The van der Waals surface area contributed by atoms with Crippen molar-refractivity contribution in [3.8, 4) is 17.2 Å². The van der Waals surface area contributed by atoms with Gasteiger partial charge in [-0.1, -0.05) is 13.3 Å². The maximum Gasteiger partial charge on any atom is 0.446 e. The van der Waals surface area contributed by atoms with E-state index in [1.165, 1.54) is 0 Å². The molecule has 0 radical (unpaired) electrons. The molecule has 0 saturated heterocycles. The fourth-order valence-corrected chi connectivity index (χ4v) is 1.67. The van der Waals surface area contributed by atoms with Crippen molar-refractivity contribution in [3.05, 3.63) is 12.1 Å². The van der Waals surface area contributed by atoms with Gasteiger partial charge in [-0.05, 0) is 6.42 Å². The van der Waals surface area contributed by atoms with Gasteiger partial charge < -0.3 is 19.7 Å². The number of aromatic hydroxyl groups is 2. The second-order valence-electron chi connectivity index (χ2n) is 3.63. The summed E-state index contributed by atoms with van der Waals surface area (Å²) in [4.78, 5) is 0. The van der Waals surface area contributed by atoms with Gasteiger partial charge in [-0.25, -0.2) is 0 Å². The normalized spacial score (nSPS) is 11.2. The standard InChI is InChI=1S/C10H15NO6S/c1-2-3-4-11-10-8(12)5-7(6-9(10)13)17-18(14,15)16/h5-6,11-13H,2-4H2,1H3,(H,14,15,16). The van der Waals surface area contributed by atoms with Crippen molar-refractivity contribution in [3.63, 3.8) is 0 Å². The minimum atomic E-state index is -4.69. The molecule has 0 amide bonds. The summed E-state index contributed by atoms with van der Waals surface area (Å²) < 4.78 is 33.5. The van der Waals surface area contributed by atoms with Gasteiger partial charge in [0.15, 0.2) is 5.75 Å². The lowest BCUT2D eigenvalue weighted by Gasteiger charge is -2.11. The van der Waals surface area contributed by atoms with Crippen LogP contribution in [0, 0.1) is 0 Å². The van der Waals surface area contributed by atoms with Gasteiger partial charge in [-0.3, -0.25) is 4.55 Å². The number of phenols is 2. The van der Waals surface area contributed by atoms with E-state index in [2.05, 4.69) is 9.50 Å². The number of benzene rings is 1. The monoisotopic (exact) mass is 277 g/mol. The van der Waals surface area contributed by atoms with Gasteiger partial charge in [0, 0.05) is 18.7 Å². The molecule has 0 fully saturated rings. The van der Waals surface area contributed by atoms with Crippen molar-refractivity contribution >= 4 is 16.1 Å². The van der Waals surface area contributed by atoms with E-state index in [0.29, 0.717) is 6.54 Å². The first-order valence-electron chi connectivity index (χ1n) is 5.30. The van der Waals surface area contributed by atoms with Crippen LogP contribution in [0.2, 0.25) is 0 Å². The summed E-state index contributed by atoms with van der Waals surface area (Å²) in [5, 5.41) is 22.0. The molecule has 0 aromatic heterocycles. The molecule has 1 aromatic carbocycles. The van der Waals surface area contributed by atoms with Crippen LogP contribution >= 0.6 is 0 Å². The first kappa shape index (κ1) is 14.4. The van der Waals surface area contributed by atoms with Crippen molar-refractivity contribution in [1.82, 2.24) is 0 Å². The molecule has 0 atom stereocenters. The van der Waals surface area contributed by atoms with Gasteiger partial charge in [-0.15, -0.1) is 0 Å². The Morgan fingerprint density at radius 2 is 1.83 bits per heavy atom. The highest BCUT2D eigenvalue weighted by Crippen LogP contribution is 2.37. The summed E-state index contributed by atoms with van der Waals surface area (Å²) in [5.41, 5.74) is 0.0890. The topological polar surface area (TPSA) is 116 Å². The highest BCUT2D eigenvalue weighted by Gasteiger charge is 2.14. The van der Waals surface area contributed by atoms with Crippen LogP contribution in [-0.4, -0.2) is 29.7 Å². The van der Waals surface area contributed by atoms with Crippen LogP contribution in [0.1, 0.15) is 19.8 Å². The van der Waals surface area contributed by atoms with E-state index < -0.39 is 10.4 Å². The zero-order chi connectivity index (χ0) is 13.8. The molecule has 102 valence electrons. The number of hydrogen-bond donors (Lipinski definition) is 4. The molecule has 7 nitrogen and oxygen atoms in total. The largest absolute Gasteiger partial charge is 0.505 e. The van der Waals surface area contributed by atoms with Crippen LogP contribution in [0.4, 0.5) is 5.69 Å². The maximum atomic E-state index is 10.5. The van der Waals surface area contributed by atoms with Crippen LogP contribution in [-0.2, 0) is 10.4 Å². The van der Waals surface area contributed by atoms with Gasteiger partial charge in [-0.2, -0.15) is 8.42 Å². The first-order valence-corrected chi connectivity index (χ1v) is 6.66. The number of anilines is 1. The number of phenolic OH excluding ortho intramolecular Hbond substituents is 2. The second-order valence-corrected chi connectivity index (χ2v) is 4.65. The van der Waals surface area contributed by atoms with Crippen molar-refractivity contribution in [2.24, 2.45) is 0 Å². The summed E-state index contributed by atoms with van der Waals surface area (Å²) >= 11 is 0. The van der Waals surface area contributed by atoms with E-state index in [1.807, 2.05) is 6.92 Å². The van der Waals surface area contributed by atoms with Crippen LogP contribution in [0.15, 0.2) is 12.1 Å². The third-order valence-corrected chi connectivity index (χ3v) is 2.51. The Kier molecular flexibility index (Phi) is 4.62. The summed E-state index contributed by atoms with van der Waals surface area (Å²) in [6, 6.07) is 1.95. The Balaban J connectivity index is 2.90. The van der Waals surface area contributed by atoms with Crippen LogP contribution in [0.5, 0.6) is 17.2 Å². The van der Waals surface area contributed by atoms with E-state index in [0.717, 1.165) is 25.0 Å². The first-order chi connectivity index (χ1) is 8.33. The minimum Gasteiger partial charge on any atom is -0.505 e. The van der Waals surface area contributed by atoms with Crippen LogP contribution < -0.4 is 9.50 Å². The molecule has 0 aliphatic heterocycles. The molecule has 8 heteroatoms. The molecule has 0 saturated carbocycles. The number of rotatable bonds is 6. The Morgan fingerprint density at radius 1 is 1.28 bits per heavy atom. The number of unbranched alkanes of at least 4 members (excludes halogenated alkanes) is 1. The van der Waals surface area contributed by atoms with Gasteiger partial charge in [0.1, 0.15) is 17.2 Å². The van der Waals surface area contributed by atoms with Gasteiger partial charge in [0.25, 0.3) is 0 Å². The molecular formula is C10H15NO6S. The van der Waals surface area contributed by atoms with Gasteiger partial charge in [0.05, 0.1) is 0 Å². The Bertz CT molecular complexity index is 490. The lowest BCUT2D eigenvalue weighted by molar-refractivity contribution is 0.383. The van der Waals surface area contributed by atoms with E-state index >= 15 is 0 Å². The molecule has 0 heterocycles. The predicted molar refractivity (Wildman–Crippen MR) is 65.3 cm³/mol. The molecule has 0 aliphatic carbocycles. The maximum absolute atomic E-state index is 10.5. The summed E-state index contributed by atoms with van der Waals surface area (Å²) in [5.74, 6) is -1.12. The third kappa shape index (κ3) is 4.30. The highest BCUT2D eigenvalue weighted by atomic mass is 32.3. The fraction of sp³-hybridized carbons (Fsp3) is 0.400. The van der Waals surface area contributed by atoms with Crippen LogP contribution in [0.3, 0.4) is 0 Å². The fourth-order valence-electron chi connectivity index (χ4n) is 1.33. The Hall–Kier alpha value is -1.67. The van der Waals surface area contributed by atoms with Crippen molar-refractivity contribution < 1.29 is 27.4 Å². The average Bonchev–Trinajstić information content (AvgIpc) is 2.19. The van der Waals surface area contributed by atoms with E-state index in [-0.39, 0.29) is 22.9 Å². The van der Waals surface area contributed by atoms with Crippen molar-refractivity contribution in [1.29, 1.82) is 0 Å². The average molecular weight is 277 g/mol. The zero-order valence-electron chi connectivity index (χ0n) is 9.75. The van der Waals surface area contributed by atoms with E-state index in [4.69, 9.17) is 4.55 Å². The lowest BCUT2D eigenvalue weighted by Crippen LogP contribution is -2.07. The predicted octanol–water partition coefficient (Wildman–Crippen LogP) is 1.49. The quantitative estimate of drug-likeness (QED) is 0.353. The number of nitrogens with one attached hydrogen (secondary N) is 1. The molecule has 4 N–H and O–H groups in total. The van der Waals surface area contributed by atoms with E-state index in [1.54, 1.807) is 0 Å². The molecule has 1 rings (SSSR count). The Morgan fingerprint density at radius 3 is 2.28 bits per heavy atom. The third-order valence-electron chi connectivity index (χ3n) is 2.10.